The summed E-state index contributed by atoms with van der Waals surface area (Å²) in [5.74, 6) is -2.45. The number of nitrogens with one attached hydrogen (secondary N) is 1. The maximum Gasteiger partial charge on any atom is 0.471 e. The molecule has 0 spiro atoms. The highest BCUT2D eigenvalue weighted by atomic mass is 19.4. The van der Waals surface area contributed by atoms with Crippen molar-refractivity contribution in [2.24, 2.45) is 0 Å². The molecule has 0 saturated carbocycles. The van der Waals surface area contributed by atoms with E-state index in [-0.39, 0.29) is 6.54 Å². The van der Waals surface area contributed by atoms with Crippen molar-refractivity contribution in [2.75, 3.05) is 5.73 Å². The summed E-state index contributed by atoms with van der Waals surface area (Å²) in [6.07, 6.45) is -4.91. The van der Waals surface area contributed by atoms with E-state index in [4.69, 9.17) is 5.73 Å². The van der Waals surface area contributed by atoms with Gasteiger partial charge in [-0.1, -0.05) is 24.3 Å². The van der Waals surface area contributed by atoms with Gasteiger partial charge < -0.3 is 11.1 Å². The van der Waals surface area contributed by atoms with Crippen LogP contribution in [0.3, 0.4) is 0 Å². The predicted molar refractivity (Wildman–Crippen MR) is 74.2 cm³/mol. The smallest absolute Gasteiger partial charge is 0.399 e. The zero-order chi connectivity index (χ0) is 16.3. The van der Waals surface area contributed by atoms with Crippen LogP contribution in [0.5, 0.6) is 0 Å². The van der Waals surface area contributed by atoms with E-state index in [2.05, 4.69) is 0 Å². The van der Waals surface area contributed by atoms with Crippen molar-refractivity contribution in [2.45, 2.75) is 12.7 Å². The van der Waals surface area contributed by atoms with Gasteiger partial charge in [-0.25, -0.2) is 4.39 Å². The van der Waals surface area contributed by atoms with Crippen LogP contribution in [0.4, 0.5) is 23.2 Å². The third kappa shape index (κ3) is 3.75. The molecule has 0 bridgehead atoms. The summed E-state index contributed by atoms with van der Waals surface area (Å²) in [5, 5.41) is 1.76. The number of anilines is 1. The van der Waals surface area contributed by atoms with E-state index < -0.39 is 17.9 Å². The zero-order valence-corrected chi connectivity index (χ0v) is 11.2. The molecular weight excluding hydrogens is 300 g/mol. The maximum atomic E-state index is 13.7. The molecule has 116 valence electrons. The number of hydrogen-bond donors (Lipinski definition) is 2. The third-order valence-electron chi connectivity index (χ3n) is 2.97. The Morgan fingerprint density at radius 2 is 1.73 bits per heavy atom. The number of amides is 1. The molecule has 0 saturated heterocycles. The highest BCUT2D eigenvalue weighted by molar-refractivity contribution is 5.81. The third-order valence-corrected chi connectivity index (χ3v) is 2.97. The average molecular weight is 312 g/mol. The van der Waals surface area contributed by atoms with Gasteiger partial charge in [-0.2, -0.15) is 13.2 Å². The van der Waals surface area contributed by atoms with E-state index in [1.54, 1.807) is 17.4 Å². The van der Waals surface area contributed by atoms with Gasteiger partial charge >= 0.3 is 12.1 Å². The minimum atomic E-state index is -4.91. The second-order valence-corrected chi connectivity index (χ2v) is 4.62. The van der Waals surface area contributed by atoms with Gasteiger partial charge in [0, 0.05) is 17.8 Å². The van der Waals surface area contributed by atoms with Crippen LogP contribution in [0.15, 0.2) is 42.5 Å². The molecule has 0 aliphatic rings. The summed E-state index contributed by atoms with van der Waals surface area (Å²) in [7, 11) is 0. The lowest BCUT2D eigenvalue weighted by atomic mass is 10.0. The number of benzene rings is 2. The van der Waals surface area contributed by atoms with Crippen LogP contribution in [-0.4, -0.2) is 12.1 Å². The SMILES string of the molecule is Nc1ccc(F)c(-c2ccc(CNC(=O)C(F)(F)F)cc2)c1. The Balaban J connectivity index is 2.11. The Hall–Kier alpha value is -2.57. The lowest BCUT2D eigenvalue weighted by Crippen LogP contribution is -2.36. The molecule has 0 atom stereocenters. The Labute approximate surface area is 123 Å². The fraction of sp³-hybridized carbons (Fsp3) is 0.133. The molecular formula is C15H12F4N2O. The van der Waals surface area contributed by atoms with Crippen molar-refractivity contribution in [3.05, 3.63) is 53.8 Å². The summed E-state index contributed by atoms with van der Waals surface area (Å²) < 4.78 is 49.9. The number of carbonyl (C=O) groups is 1. The fourth-order valence-electron chi connectivity index (χ4n) is 1.85. The molecule has 0 aromatic heterocycles. The first-order chi connectivity index (χ1) is 10.3. The van der Waals surface area contributed by atoms with Gasteiger partial charge in [0.05, 0.1) is 0 Å². The summed E-state index contributed by atoms with van der Waals surface area (Å²) >= 11 is 0. The molecule has 7 heteroatoms. The Morgan fingerprint density at radius 1 is 1.09 bits per heavy atom. The topological polar surface area (TPSA) is 55.1 Å². The van der Waals surface area contributed by atoms with E-state index in [0.29, 0.717) is 22.4 Å². The molecule has 22 heavy (non-hydrogen) atoms. The summed E-state index contributed by atoms with van der Waals surface area (Å²) in [4.78, 5) is 10.7. The number of alkyl halides is 3. The molecule has 0 aliphatic carbocycles. The van der Waals surface area contributed by atoms with Gasteiger partial charge in [-0.05, 0) is 29.3 Å². The van der Waals surface area contributed by atoms with Crippen molar-refractivity contribution in [1.29, 1.82) is 0 Å². The number of nitrogen functional groups attached to an aromatic ring is 1. The molecule has 2 aromatic rings. The van der Waals surface area contributed by atoms with Gasteiger partial charge in [0.1, 0.15) is 5.82 Å². The average Bonchev–Trinajstić information content (AvgIpc) is 2.47. The minimum absolute atomic E-state index is 0.266. The largest absolute Gasteiger partial charge is 0.471 e. The molecule has 3 N–H and O–H groups in total. The number of carbonyl (C=O) groups excluding carboxylic acids is 1. The Kier molecular flexibility index (Phi) is 4.35. The first-order valence-corrected chi connectivity index (χ1v) is 6.27. The molecule has 0 unspecified atom stereocenters. The normalized spacial score (nSPS) is 11.3. The van der Waals surface area contributed by atoms with E-state index in [9.17, 15) is 22.4 Å². The van der Waals surface area contributed by atoms with E-state index in [1.165, 1.54) is 30.3 Å². The molecule has 0 heterocycles. The van der Waals surface area contributed by atoms with Crippen molar-refractivity contribution in [1.82, 2.24) is 5.32 Å². The zero-order valence-electron chi connectivity index (χ0n) is 11.2. The summed E-state index contributed by atoms with van der Waals surface area (Å²) in [6, 6.07) is 10.3. The number of rotatable bonds is 3. The molecule has 0 aliphatic heterocycles. The van der Waals surface area contributed by atoms with E-state index >= 15 is 0 Å². The summed E-state index contributed by atoms with van der Waals surface area (Å²) in [6.45, 7) is -0.266. The lowest BCUT2D eigenvalue weighted by Gasteiger charge is -2.09. The first-order valence-electron chi connectivity index (χ1n) is 6.27. The van der Waals surface area contributed by atoms with E-state index in [0.717, 1.165) is 0 Å². The maximum absolute atomic E-state index is 13.7. The van der Waals surface area contributed by atoms with Crippen LogP contribution in [0.2, 0.25) is 0 Å². The van der Waals surface area contributed by atoms with Crippen LogP contribution >= 0.6 is 0 Å². The standard InChI is InChI=1S/C15H12F4N2O/c16-13-6-5-11(20)7-12(13)10-3-1-9(2-4-10)8-21-14(22)15(17,18)19/h1-7H,8,20H2,(H,21,22). The number of halogens is 4. The monoisotopic (exact) mass is 312 g/mol. The predicted octanol–water partition coefficient (Wildman–Crippen LogP) is 3.25. The first kappa shape index (κ1) is 15.8. The van der Waals surface area contributed by atoms with Crippen molar-refractivity contribution < 1.29 is 22.4 Å². The molecule has 2 aromatic carbocycles. The molecule has 1 amide bonds. The van der Waals surface area contributed by atoms with Gasteiger partial charge in [0.15, 0.2) is 0 Å². The van der Waals surface area contributed by atoms with Gasteiger partial charge in [-0.15, -0.1) is 0 Å². The molecule has 3 nitrogen and oxygen atoms in total. The van der Waals surface area contributed by atoms with Crippen molar-refractivity contribution in [3.63, 3.8) is 0 Å². The lowest BCUT2D eigenvalue weighted by molar-refractivity contribution is -0.173. The van der Waals surface area contributed by atoms with Gasteiger partial charge in [-0.3, -0.25) is 4.79 Å². The second-order valence-electron chi connectivity index (χ2n) is 4.62. The Bertz CT molecular complexity index is 681. The van der Waals surface area contributed by atoms with Crippen molar-refractivity contribution in [3.8, 4) is 11.1 Å². The quantitative estimate of drug-likeness (QED) is 0.675. The second kappa shape index (κ2) is 6.05. The van der Waals surface area contributed by atoms with E-state index in [1.807, 2.05) is 0 Å². The van der Waals surface area contributed by atoms with Crippen LogP contribution in [0.1, 0.15) is 5.56 Å². The highest BCUT2D eigenvalue weighted by Gasteiger charge is 2.38. The Morgan fingerprint density at radius 3 is 2.32 bits per heavy atom. The summed E-state index contributed by atoms with van der Waals surface area (Å²) in [5.41, 5.74) is 7.29. The highest BCUT2D eigenvalue weighted by Crippen LogP contribution is 2.25. The number of hydrogen-bond acceptors (Lipinski definition) is 2. The van der Waals surface area contributed by atoms with Gasteiger partial charge in [0.25, 0.3) is 0 Å². The molecule has 0 radical (unpaired) electrons. The van der Waals surface area contributed by atoms with Crippen LogP contribution in [0, 0.1) is 5.82 Å². The van der Waals surface area contributed by atoms with Crippen LogP contribution in [0.25, 0.3) is 11.1 Å². The molecule has 0 fully saturated rings. The fourth-order valence-corrected chi connectivity index (χ4v) is 1.85. The van der Waals surface area contributed by atoms with Crippen LogP contribution < -0.4 is 11.1 Å². The van der Waals surface area contributed by atoms with Gasteiger partial charge in [0.2, 0.25) is 0 Å². The molecule has 2 rings (SSSR count). The minimum Gasteiger partial charge on any atom is -0.399 e. The van der Waals surface area contributed by atoms with Crippen molar-refractivity contribution >= 4 is 11.6 Å². The number of nitrogens with two attached hydrogens (primary N) is 1. The van der Waals surface area contributed by atoms with Crippen LogP contribution in [-0.2, 0) is 11.3 Å².